The summed E-state index contributed by atoms with van der Waals surface area (Å²) < 4.78 is 27.3. The van der Waals surface area contributed by atoms with Crippen molar-refractivity contribution in [3.8, 4) is 0 Å². The fourth-order valence-electron chi connectivity index (χ4n) is 2.49. The average molecular weight is 378 g/mol. The number of benzene rings is 1. The molecule has 0 aliphatic carbocycles. The number of sulfonamides is 1. The highest BCUT2D eigenvalue weighted by atomic mass is 35.5. The van der Waals surface area contributed by atoms with Crippen LogP contribution in [0.2, 0.25) is 0 Å². The van der Waals surface area contributed by atoms with Gasteiger partial charge in [-0.3, -0.25) is 4.79 Å². The van der Waals surface area contributed by atoms with Crippen LogP contribution < -0.4 is 15.8 Å². The number of amides is 1. The van der Waals surface area contributed by atoms with Crippen molar-refractivity contribution in [1.82, 2.24) is 10.0 Å². The van der Waals surface area contributed by atoms with E-state index in [1.54, 1.807) is 13.8 Å². The van der Waals surface area contributed by atoms with Gasteiger partial charge >= 0.3 is 0 Å². The number of halogens is 1. The molecule has 1 unspecified atom stereocenters. The highest BCUT2D eigenvalue weighted by Crippen LogP contribution is 2.21. The molecule has 0 aliphatic rings. The Kier molecular flexibility index (Phi) is 9.50. The van der Waals surface area contributed by atoms with E-state index < -0.39 is 10.0 Å². The van der Waals surface area contributed by atoms with E-state index in [-0.39, 0.29) is 37.3 Å². The SMILES string of the molecule is Cc1cc(C)c(S(=O)(=O)NCCC(=O)NCCC(C)N)c(C)c1.Cl. The lowest BCUT2D eigenvalue weighted by Gasteiger charge is -2.13. The molecule has 1 aromatic carbocycles. The van der Waals surface area contributed by atoms with Crippen LogP contribution in [0, 0.1) is 20.8 Å². The molecular weight excluding hydrogens is 350 g/mol. The van der Waals surface area contributed by atoms with Gasteiger partial charge in [0.15, 0.2) is 0 Å². The fourth-order valence-corrected chi connectivity index (χ4v) is 3.97. The summed E-state index contributed by atoms with van der Waals surface area (Å²) in [6.07, 6.45) is 0.793. The van der Waals surface area contributed by atoms with Crippen LogP contribution in [0.5, 0.6) is 0 Å². The monoisotopic (exact) mass is 377 g/mol. The lowest BCUT2D eigenvalue weighted by atomic mass is 10.1. The van der Waals surface area contributed by atoms with Crippen LogP contribution in [0.3, 0.4) is 0 Å². The molecule has 4 N–H and O–H groups in total. The van der Waals surface area contributed by atoms with Gasteiger partial charge < -0.3 is 11.1 Å². The van der Waals surface area contributed by atoms with Gasteiger partial charge in [-0.1, -0.05) is 17.7 Å². The van der Waals surface area contributed by atoms with Gasteiger partial charge in [-0.05, 0) is 45.2 Å². The first-order valence-corrected chi connectivity index (χ1v) is 9.21. The number of aryl methyl sites for hydroxylation is 3. The molecule has 0 bridgehead atoms. The second-order valence-electron chi connectivity index (χ2n) is 5.99. The minimum Gasteiger partial charge on any atom is -0.356 e. The van der Waals surface area contributed by atoms with E-state index in [0.29, 0.717) is 29.0 Å². The van der Waals surface area contributed by atoms with Crippen molar-refractivity contribution in [2.45, 2.75) is 51.5 Å². The third-order valence-corrected chi connectivity index (χ3v) is 5.20. The van der Waals surface area contributed by atoms with Crippen LogP contribution >= 0.6 is 12.4 Å². The summed E-state index contributed by atoms with van der Waals surface area (Å²) in [6.45, 7) is 7.91. The summed E-state index contributed by atoms with van der Waals surface area (Å²) in [5.41, 5.74) is 8.03. The summed E-state index contributed by atoms with van der Waals surface area (Å²) in [5, 5.41) is 2.72. The number of rotatable bonds is 8. The van der Waals surface area contributed by atoms with Crippen LogP contribution in [-0.4, -0.2) is 33.5 Å². The zero-order chi connectivity index (χ0) is 17.6. The van der Waals surface area contributed by atoms with Crippen LogP contribution in [0.4, 0.5) is 0 Å². The molecule has 1 amide bonds. The lowest BCUT2D eigenvalue weighted by Crippen LogP contribution is -2.33. The molecule has 0 fully saturated rings. The van der Waals surface area contributed by atoms with Crippen molar-refractivity contribution >= 4 is 28.3 Å². The van der Waals surface area contributed by atoms with E-state index in [0.717, 1.165) is 5.56 Å². The molecule has 8 heteroatoms. The minimum absolute atomic E-state index is 0. The highest BCUT2D eigenvalue weighted by Gasteiger charge is 2.19. The molecule has 1 atom stereocenters. The predicted octanol–water partition coefficient (Wildman–Crippen LogP) is 1.56. The third kappa shape index (κ3) is 7.17. The number of hydrogen-bond acceptors (Lipinski definition) is 4. The van der Waals surface area contributed by atoms with Crippen molar-refractivity contribution in [3.05, 3.63) is 28.8 Å². The van der Waals surface area contributed by atoms with Crippen LogP contribution in [-0.2, 0) is 14.8 Å². The van der Waals surface area contributed by atoms with Crippen molar-refractivity contribution in [2.24, 2.45) is 5.73 Å². The average Bonchev–Trinajstić information content (AvgIpc) is 2.35. The van der Waals surface area contributed by atoms with Crippen LogP contribution in [0.15, 0.2) is 17.0 Å². The highest BCUT2D eigenvalue weighted by molar-refractivity contribution is 7.89. The molecule has 0 spiro atoms. The molecule has 1 aromatic rings. The molecule has 0 saturated heterocycles. The molecule has 24 heavy (non-hydrogen) atoms. The van der Waals surface area contributed by atoms with Gasteiger partial charge in [-0.2, -0.15) is 0 Å². The molecule has 0 aliphatic heterocycles. The Hall–Kier alpha value is -1.15. The van der Waals surface area contributed by atoms with Crippen molar-refractivity contribution < 1.29 is 13.2 Å². The van der Waals surface area contributed by atoms with E-state index in [2.05, 4.69) is 10.0 Å². The van der Waals surface area contributed by atoms with Gasteiger partial charge in [0.1, 0.15) is 0 Å². The number of nitrogens with one attached hydrogen (secondary N) is 2. The van der Waals surface area contributed by atoms with E-state index in [1.807, 2.05) is 26.0 Å². The summed E-state index contributed by atoms with van der Waals surface area (Å²) in [7, 11) is -3.62. The minimum atomic E-state index is -3.62. The van der Waals surface area contributed by atoms with Gasteiger partial charge in [-0.15, -0.1) is 12.4 Å². The quantitative estimate of drug-likeness (QED) is 0.639. The normalized spacial score (nSPS) is 12.4. The van der Waals surface area contributed by atoms with E-state index in [4.69, 9.17) is 5.73 Å². The zero-order valence-electron chi connectivity index (χ0n) is 14.7. The second kappa shape index (κ2) is 9.98. The van der Waals surface area contributed by atoms with Gasteiger partial charge in [0.25, 0.3) is 0 Å². The standard InChI is InChI=1S/C16H27N3O3S.ClH/c1-11-9-12(2)16(13(3)10-11)23(21,22)19-8-6-15(20)18-7-5-14(4)17;/h9-10,14,19H,5-8,17H2,1-4H3,(H,18,20);1H. The summed E-state index contributed by atoms with van der Waals surface area (Å²) in [5.74, 6) is -0.189. The maximum Gasteiger partial charge on any atom is 0.241 e. The Morgan fingerprint density at radius 2 is 1.71 bits per heavy atom. The van der Waals surface area contributed by atoms with Crippen molar-refractivity contribution in [3.63, 3.8) is 0 Å². The molecule has 0 aromatic heterocycles. The topological polar surface area (TPSA) is 101 Å². The van der Waals surface area contributed by atoms with Gasteiger partial charge in [-0.25, -0.2) is 13.1 Å². The van der Waals surface area contributed by atoms with E-state index in [9.17, 15) is 13.2 Å². The van der Waals surface area contributed by atoms with Gasteiger partial charge in [0.05, 0.1) is 4.90 Å². The maximum atomic E-state index is 12.4. The van der Waals surface area contributed by atoms with Crippen molar-refractivity contribution in [2.75, 3.05) is 13.1 Å². The molecule has 138 valence electrons. The number of carbonyl (C=O) groups is 1. The molecule has 6 nitrogen and oxygen atoms in total. The van der Waals surface area contributed by atoms with Gasteiger partial charge in [0, 0.05) is 25.6 Å². The fraction of sp³-hybridized carbons (Fsp3) is 0.562. The molecule has 0 heterocycles. The van der Waals surface area contributed by atoms with Crippen molar-refractivity contribution in [1.29, 1.82) is 0 Å². The first kappa shape index (κ1) is 22.9. The number of hydrogen-bond donors (Lipinski definition) is 3. The first-order chi connectivity index (χ1) is 10.6. The Morgan fingerprint density at radius 1 is 1.17 bits per heavy atom. The van der Waals surface area contributed by atoms with Crippen LogP contribution in [0.1, 0.15) is 36.5 Å². The summed E-state index contributed by atoms with van der Waals surface area (Å²) in [4.78, 5) is 11.9. The Balaban J connectivity index is 0.00000529. The molecule has 1 rings (SSSR count). The number of nitrogens with two attached hydrogens (primary N) is 1. The Morgan fingerprint density at radius 3 is 2.21 bits per heavy atom. The summed E-state index contributed by atoms with van der Waals surface area (Å²) >= 11 is 0. The lowest BCUT2D eigenvalue weighted by molar-refractivity contribution is -0.120. The number of carbonyl (C=O) groups excluding carboxylic acids is 1. The second-order valence-corrected chi connectivity index (χ2v) is 7.70. The first-order valence-electron chi connectivity index (χ1n) is 7.73. The van der Waals surface area contributed by atoms with Gasteiger partial charge in [0.2, 0.25) is 15.9 Å². The van der Waals surface area contributed by atoms with E-state index >= 15 is 0 Å². The summed E-state index contributed by atoms with van der Waals surface area (Å²) in [6, 6.07) is 3.70. The Bertz CT molecular complexity index is 638. The molecule has 0 saturated carbocycles. The molecular formula is C16H28ClN3O3S. The molecule has 0 radical (unpaired) electrons. The maximum absolute atomic E-state index is 12.4. The smallest absolute Gasteiger partial charge is 0.241 e. The largest absolute Gasteiger partial charge is 0.356 e. The van der Waals surface area contributed by atoms with E-state index in [1.165, 1.54) is 0 Å². The third-order valence-electron chi connectivity index (χ3n) is 3.44. The predicted molar refractivity (Wildman–Crippen MR) is 99.0 cm³/mol. The Labute approximate surface area is 151 Å². The zero-order valence-corrected chi connectivity index (χ0v) is 16.3. The van der Waals surface area contributed by atoms with Crippen LogP contribution in [0.25, 0.3) is 0 Å².